The summed E-state index contributed by atoms with van der Waals surface area (Å²) in [6, 6.07) is 11.4. The summed E-state index contributed by atoms with van der Waals surface area (Å²) in [6.07, 6.45) is 1.37. The number of carbonyl (C=O) groups excluding carboxylic acids is 2. The van der Waals surface area contributed by atoms with Crippen LogP contribution in [0.25, 0.3) is 0 Å². The highest BCUT2D eigenvalue weighted by atomic mass is 16.5. The molecule has 0 spiro atoms. The van der Waals surface area contributed by atoms with Crippen molar-refractivity contribution < 1.29 is 23.6 Å². The number of rotatable bonds is 4. The molecule has 3 aromatic rings. The third kappa shape index (κ3) is 3.22. The number of hydrogen-bond acceptors (Lipinski definition) is 6. The standard InChI is InChI=1S/C23H22N2O5/c1-13-12-17(24-30-13)25-19(14-7-9-15(10-8-14)23(2,3)4)18(21(27)22(25)28)20(26)16-6-5-11-29-16/h5-12,19,27H,1-4H3/t19-/m0/s1. The molecule has 1 aromatic carbocycles. The van der Waals surface area contributed by atoms with Crippen molar-refractivity contribution in [3.63, 3.8) is 0 Å². The maximum Gasteiger partial charge on any atom is 0.295 e. The van der Waals surface area contributed by atoms with E-state index in [2.05, 4.69) is 25.9 Å². The second-order valence-electron chi connectivity index (χ2n) is 8.31. The molecule has 1 aliphatic heterocycles. The average Bonchev–Trinajstić information content (AvgIpc) is 3.42. The fraction of sp³-hybridized carbons (Fsp3) is 0.261. The van der Waals surface area contributed by atoms with Crippen LogP contribution in [0.4, 0.5) is 5.82 Å². The zero-order valence-corrected chi connectivity index (χ0v) is 17.2. The van der Waals surface area contributed by atoms with E-state index in [0.717, 1.165) is 5.56 Å². The molecule has 30 heavy (non-hydrogen) atoms. The molecule has 1 N–H and O–H groups in total. The maximum atomic E-state index is 13.1. The van der Waals surface area contributed by atoms with Crippen molar-refractivity contribution >= 4 is 17.5 Å². The lowest BCUT2D eigenvalue weighted by Gasteiger charge is -2.25. The van der Waals surface area contributed by atoms with E-state index in [9.17, 15) is 14.7 Å². The summed E-state index contributed by atoms with van der Waals surface area (Å²) < 4.78 is 10.4. The van der Waals surface area contributed by atoms with Gasteiger partial charge in [0, 0.05) is 6.07 Å². The van der Waals surface area contributed by atoms with Crippen molar-refractivity contribution in [1.82, 2.24) is 5.16 Å². The van der Waals surface area contributed by atoms with Gasteiger partial charge in [0.15, 0.2) is 17.3 Å². The largest absolute Gasteiger partial charge is 0.503 e. The van der Waals surface area contributed by atoms with E-state index < -0.39 is 23.5 Å². The molecule has 0 radical (unpaired) electrons. The molecule has 4 rings (SSSR count). The number of carbonyl (C=O) groups is 2. The van der Waals surface area contributed by atoms with Crippen LogP contribution in [0.2, 0.25) is 0 Å². The second-order valence-corrected chi connectivity index (χ2v) is 8.31. The number of aryl methyl sites for hydroxylation is 1. The molecule has 0 unspecified atom stereocenters. The van der Waals surface area contributed by atoms with Crippen LogP contribution in [0, 0.1) is 6.92 Å². The molecular weight excluding hydrogens is 384 g/mol. The van der Waals surface area contributed by atoms with E-state index >= 15 is 0 Å². The molecule has 154 valence electrons. The van der Waals surface area contributed by atoms with Crippen LogP contribution >= 0.6 is 0 Å². The highest BCUT2D eigenvalue weighted by Gasteiger charge is 2.46. The first-order valence-corrected chi connectivity index (χ1v) is 9.57. The second kappa shape index (κ2) is 7.02. The van der Waals surface area contributed by atoms with Gasteiger partial charge < -0.3 is 14.0 Å². The number of hydrogen-bond donors (Lipinski definition) is 1. The summed E-state index contributed by atoms with van der Waals surface area (Å²) in [7, 11) is 0. The number of aliphatic hydroxyl groups excluding tert-OH is 1. The molecule has 1 aliphatic rings. The molecule has 7 nitrogen and oxygen atoms in total. The van der Waals surface area contributed by atoms with E-state index in [0.29, 0.717) is 11.3 Å². The van der Waals surface area contributed by atoms with Gasteiger partial charge in [-0.1, -0.05) is 50.2 Å². The van der Waals surface area contributed by atoms with E-state index in [1.165, 1.54) is 17.2 Å². The van der Waals surface area contributed by atoms with Crippen molar-refractivity contribution in [2.45, 2.75) is 39.2 Å². The topological polar surface area (TPSA) is 96.8 Å². The smallest absolute Gasteiger partial charge is 0.295 e. The number of aliphatic hydroxyl groups is 1. The highest BCUT2D eigenvalue weighted by molar-refractivity contribution is 6.19. The normalized spacial score (nSPS) is 17.1. The van der Waals surface area contributed by atoms with Gasteiger partial charge in [-0.3, -0.25) is 14.5 Å². The predicted molar refractivity (Wildman–Crippen MR) is 109 cm³/mol. The third-order valence-corrected chi connectivity index (χ3v) is 5.15. The summed E-state index contributed by atoms with van der Waals surface area (Å²) in [4.78, 5) is 27.4. The van der Waals surface area contributed by atoms with Crippen molar-refractivity contribution in [1.29, 1.82) is 0 Å². The van der Waals surface area contributed by atoms with Gasteiger partial charge in [0.2, 0.25) is 5.78 Å². The third-order valence-electron chi connectivity index (χ3n) is 5.15. The van der Waals surface area contributed by atoms with Crippen LogP contribution in [0.5, 0.6) is 0 Å². The molecule has 2 aromatic heterocycles. The van der Waals surface area contributed by atoms with Crippen molar-refractivity contribution in [2.24, 2.45) is 0 Å². The van der Waals surface area contributed by atoms with E-state index in [-0.39, 0.29) is 22.6 Å². The summed E-state index contributed by atoms with van der Waals surface area (Å²) in [5.41, 5.74) is 1.65. The van der Waals surface area contributed by atoms with Crippen LogP contribution in [-0.2, 0) is 10.2 Å². The number of aromatic nitrogens is 1. The van der Waals surface area contributed by atoms with Gasteiger partial charge in [0.25, 0.3) is 5.91 Å². The monoisotopic (exact) mass is 406 g/mol. The quantitative estimate of drug-likeness (QED) is 0.633. The van der Waals surface area contributed by atoms with E-state index in [1.54, 1.807) is 19.1 Å². The van der Waals surface area contributed by atoms with Gasteiger partial charge in [0.05, 0.1) is 17.9 Å². The highest BCUT2D eigenvalue weighted by Crippen LogP contribution is 2.42. The van der Waals surface area contributed by atoms with Crippen LogP contribution in [0.3, 0.4) is 0 Å². The molecule has 1 amide bonds. The minimum atomic E-state index is -0.867. The van der Waals surface area contributed by atoms with Gasteiger partial charge in [-0.05, 0) is 35.6 Å². The first-order valence-electron chi connectivity index (χ1n) is 9.57. The molecule has 1 atom stereocenters. The zero-order chi connectivity index (χ0) is 21.6. The Labute approximate surface area is 173 Å². The SMILES string of the molecule is Cc1cc(N2C(=O)C(O)=C(C(=O)c3ccco3)[C@@H]2c2ccc(C(C)(C)C)cc2)no1. The Balaban J connectivity index is 1.85. The molecule has 0 fully saturated rings. The summed E-state index contributed by atoms with van der Waals surface area (Å²) in [5.74, 6) is -1.14. The Bertz CT molecular complexity index is 1130. The number of nitrogens with zero attached hydrogens (tertiary/aromatic N) is 2. The maximum absolute atomic E-state index is 13.1. The van der Waals surface area contributed by atoms with Crippen molar-refractivity contribution in [3.05, 3.63) is 82.7 Å². The number of ketones is 1. The number of benzene rings is 1. The minimum absolute atomic E-state index is 0.0406. The number of furan rings is 1. The lowest BCUT2D eigenvalue weighted by molar-refractivity contribution is -0.117. The number of Topliss-reactive ketones (excluding diaryl/α,β-unsaturated/α-hetero) is 1. The summed E-state index contributed by atoms with van der Waals surface area (Å²) >= 11 is 0. The Morgan fingerprint density at radius 3 is 2.40 bits per heavy atom. The van der Waals surface area contributed by atoms with Crippen LogP contribution in [0.1, 0.15) is 54.3 Å². The van der Waals surface area contributed by atoms with Crippen molar-refractivity contribution in [2.75, 3.05) is 4.90 Å². The lowest BCUT2D eigenvalue weighted by atomic mass is 9.85. The predicted octanol–water partition coefficient (Wildman–Crippen LogP) is 4.66. The van der Waals surface area contributed by atoms with Gasteiger partial charge in [-0.2, -0.15) is 0 Å². The van der Waals surface area contributed by atoms with Crippen LogP contribution in [0.15, 0.2) is 69.0 Å². The number of amides is 1. The number of anilines is 1. The van der Waals surface area contributed by atoms with Crippen LogP contribution < -0.4 is 4.90 Å². The first kappa shape index (κ1) is 19.7. The molecule has 7 heteroatoms. The lowest BCUT2D eigenvalue weighted by Crippen LogP contribution is -2.31. The average molecular weight is 406 g/mol. The van der Waals surface area contributed by atoms with Gasteiger partial charge in [-0.25, -0.2) is 0 Å². The fourth-order valence-electron chi connectivity index (χ4n) is 3.56. The van der Waals surface area contributed by atoms with Crippen molar-refractivity contribution in [3.8, 4) is 0 Å². The molecule has 0 saturated carbocycles. The summed E-state index contributed by atoms with van der Waals surface area (Å²) in [6.45, 7) is 8.00. The summed E-state index contributed by atoms with van der Waals surface area (Å²) in [5, 5.41) is 14.6. The zero-order valence-electron chi connectivity index (χ0n) is 17.2. The Morgan fingerprint density at radius 1 is 1.17 bits per heavy atom. The van der Waals surface area contributed by atoms with E-state index in [4.69, 9.17) is 8.94 Å². The first-order chi connectivity index (χ1) is 14.2. The molecule has 3 heterocycles. The fourth-order valence-corrected chi connectivity index (χ4v) is 3.56. The Hall–Kier alpha value is -3.61. The molecule has 0 aliphatic carbocycles. The minimum Gasteiger partial charge on any atom is -0.503 e. The Kier molecular flexibility index (Phi) is 4.61. The molecule has 0 saturated heterocycles. The van der Waals surface area contributed by atoms with Gasteiger partial charge in [-0.15, -0.1) is 0 Å². The Morgan fingerprint density at radius 2 is 1.87 bits per heavy atom. The van der Waals surface area contributed by atoms with Gasteiger partial charge in [0.1, 0.15) is 5.76 Å². The van der Waals surface area contributed by atoms with Gasteiger partial charge >= 0.3 is 0 Å². The molecular formula is C23H22N2O5. The molecule has 0 bridgehead atoms. The van der Waals surface area contributed by atoms with Crippen LogP contribution in [-0.4, -0.2) is 22.0 Å². The van der Waals surface area contributed by atoms with E-state index in [1.807, 2.05) is 24.3 Å².